The van der Waals surface area contributed by atoms with Crippen LogP contribution in [0.25, 0.3) is 0 Å². The van der Waals surface area contributed by atoms with Gasteiger partial charge < -0.3 is 19.5 Å². The third-order valence-electron chi connectivity index (χ3n) is 2.73. The molecule has 0 aliphatic carbocycles. The third kappa shape index (κ3) is 51.6. The van der Waals surface area contributed by atoms with Gasteiger partial charge in [0.2, 0.25) is 10.4 Å². The molecule has 7 nitrogen and oxygen atoms in total. The molecular formula is C16H37NaO7S. The Morgan fingerprint density at radius 3 is 1.48 bits per heavy atom. The van der Waals surface area contributed by atoms with Gasteiger partial charge in [-0.2, -0.15) is 0 Å². The SMILES string of the molecule is CCCCCCCCCCOS(=O)(=O)[O-].CCOCC.OCCO.[Na+]. The van der Waals surface area contributed by atoms with Crippen molar-refractivity contribution in [2.24, 2.45) is 0 Å². The molecule has 0 saturated heterocycles. The third-order valence-corrected chi connectivity index (χ3v) is 3.19. The average Bonchev–Trinajstić information content (AvgIpc) is 2.54. The molecule has 25 heavy (non-hydrogen) atoms. The minimum absolute atomic E-state index is 0. The molecule has 0 bridgehead atoms. The van der Waals surface area contributed by atoms with Crippen LogP contribution >= 0.6 is 0 Å². The maximum Gasteiger partial charge on any atom is 1.00 e. The monoisotopic (exact) mass is 396 g/mol. The van der Waals surface area contributed by atoms with Crippen molar-refractivity contribution in [3.63, 3.8) is 0 Å². The second-order valence-corrected chi connectivity index (χ2v) is 5.99. The predicted octanol–water partition coefficient (Wildman–Crippen LogP) is -0.378. The Labute approximate surface area is 176 Å². The van der Waals surface area contributed by atoms with Gasteiger partial charge in [0.15, 0.2) is 0 Å². The van der Waals surface area contributed by atoms with E-state index >= 15 is 0 Å². The summed E-state index contributed by atoms with van der Waals surface area (Å²) >= 11 is 0. The first kappa shape index (κ1) is 33.3. The Morgan fingerprint density at radius 1 is 0.800 bits per heavy atom. The van der Waals surface area contributed by atoms with E-state index in [4.69, 9.17) is 14.9 Å². The van der Waals surface area contributed by atoms with E-state index in [-0.39, 0.29) is 49.4 Å². The van der Waals surface area contributed by atoms with Crippen LogP contribution in [0.3, 0.4) is 0 Å². The van der Waals surface area contributed by atoms with Crippen molar-refractivity contribution < 1.29 is 61.7 Å². The van der Waals surface area contributed by atoms with E-state index in [1.54, 1.807) is 0 Å². The molecule has 0 spiro atoms. The summed E-state index contributed by atoms with van der Waals surface area (Å²) in [5, 5.41) is 15.2. The van der Waals surface area contributed by atoms with E-state index in [0.29, 0.717) is 6.42 Å². The zero-order chi connectivity index (χ0) is 19.1. The van der Waals surface area contributed by atoms with E-state index < -0.39 is 10.4 Å². The van der Waals surface area contributed by atoms with Crippen molar-refractivity contribution in [2.75, 3.05) is 33.0 Å². The first-order valence-electron chi connectivity index (χ1n) is 8.79. The summed E-state index contributed by atoms with van der Waals surface area (Å²) in [6.45, 7) is 7.63. The Hall–Kier alpha value is 0.750. The summed E-state index contributed by atoms with van der Waals surface area (Å²) in [6.07, 6.45) is 8.91. The Bertz CT molecular complexity index is 297. The van der Waals surface area contributed by atoms with E-state index in [1.807, 2.05) is 13.8 Å². The van der Waals surface area contributed by atoms with Crippen LogP contribution in [-0.4, -0.2) is 56.2 Å². The van der Waals surface area contributed by atoms with Gasteiger partial charge in [-0.15, -0.1) is 0 Å². The van der Waals surface area contributed by atoms with Crippen molar-refractivity contribution in [3.8, 4) is 0 Å². The van der Waals surface area contributed by atoms with Crippen LogP contribution in [0.15, 0.2) is 0 Å². The van der Waals surface area contributed by atoms with Crippen LogP contribution in [0, 0.1) is 0 Å². The molecule has 0 heterocycles. The molecule has 0 unspecified atom stereocenters. The van der Waals surface area contributed by atoms with Crippen LogP contribution in [0.2, 0.25) is 0 Å². The molecule has 0 radical (unpaired) electrons. The van der Waals surface area contributed by atoms with Gasteiger partial charge in [-0.1, -0.05) is 51.9 Å². The number of aliphatic hydroxyl groups excluding tert-OH is 2. The molecule has 0 aromatic carbocycles. The minimum atomic E-state index is -4.48. The Balaban J connectivity index is -0.000000183. The van der Waals surface area contributed by atoms with Gasteiger partial charge in [0.05, 0.1) is 19.8 Å². The minimum Gasteiger partial charge on any atom is -0.726 e. The van der Waals surface area contributed by atoms with Crippen LogP contribution in [0.5, 0.6) is 0 Å². The van der Waals surface area contributed by atoms with Gasteiger partial charge >= 0.3 is 29.6 Å². The molecule has 0 atom stereocenters. The van der Waals surface area contributed by atoms with Crippen LogP contribution in [0.1, 0.15) is 72.1 Å². The molecule has 0 rings (SSSR count). The second-order valence-electron chi connectivity index (χ2n) is 4.93. The maximum absolute atomic E-state index is 10.1. The molecule has 0 aliphatic rings. The molecule has 0 aliphatic heterocycles. The predicted molar refractivity (Wildman–Crippen MR) is 94.6 cm³/mol. The molecule has 0 aromatic rings. The standard InChI is InChI=1S/C10H22O4S.C4H10O.C2H6O2.Na/c1-2-3-4-5-6-7-8-9-10-14-15(11,12)13;1-3-5-4-2;3-1-2-4;/h2-10H2,1H3,(H,11,12,13);3-4H2,1-2H3;3-4H,1-2H2;/q;;;+1/p-1. The number of rotatable bonds is 13. The molecule has 9 heteroatoms. The fourth-order valence-electron chi connectivity index (χ4n) is 1.60. The first-order valence-corrected chi connectivity index (χ1v) is 10.1. The van der Waals surface area contributed by atoms with Crippen LogP contribution < -0.4 is 29.6 Å². The topological polar surface area (TPSA) is 116 Å². The molecule has 0 fully saturated rings. The van der Waals surface area contributed by atoms with Crippen LogP contribution in [-0.2, 0) is 19.3 Å². The zero-order valence-corrected chi connectivity index (χ0v) is 19.4. The van der Waals surface area contributed by atoms with Crippen LogP contribution in [0.4, 0.5) is 0 Å². The molecule has 0 aromatic heterocycles. The summed E-state index contributed by atoms with van der Waals surface area (Å²) in [5.74, 6) is 0. The zero-order valence-electron chi connectivity index (χ0n) is 16.5. The van der Waals surface area contributed by atoms with Gasteiger partial charge in [0.25, 0.3) is 0 Å². The molecule has 150 valence electrons. The van der Waals surface area contributed by atoms with Gasteiger partial charge in [-0.25, -0.2) is 8.42 Å². The number of aliphatic hydroxyl groups is 2. The maximum atomic E-state index is 10.1. The average molecular weight is 397 g/mol. The fraction of sp³-hybridized carbons (Fsp3) is 1.00. The first-order chi connectivity index (χ1) is 11.4. The van der Waals surface area contributed by atoms with Crippen molar-refractivity contribution >= 4 is 10.4 Å². The van der Waals surface area contributed by atoms with Gasteiger partial charge in [-0.05, 0) is 20.3 Å². The number of ether oxygens (including phenoxy) is 1. The van der Waals surface area contributed by atoms with E-state index in [9.17, 15) is 13.0 Å². The van der Waals surface area contributed by atoms with Crippen molar-refractivity contribution in [1.29, 1.82) is 0 Å². The molecule has 0 saturated carbocycles. The van der Waals surface area contributed by atoms with Crippen molar-refractivity contribution in [2.45, 2.75) is 72.1 Å². The van der Waals surface area contributed by atoms with Crippen molar-refractivity contribution in [3.05, 3.63) is 0 Å². The summed E-state index contributed by atoms with van der Waals surface area (Å²) in [6, 6.07) is 0. The van der Waals surface area contributed by atoms with Gasteiger partial charge in [0, 0.05) is 13.2 Å². The Kier molecular flexibility index (Phi) is 39.4. The number of hydrogen-bond acceptors (Lipinski definition) is 7. The normalized spacial score (nSPS) is 10.0. The number of unbranched alkanes of at least 4 members (excludes halogenated alkanes) is 7. The molecular weight excluding hydrogens is 359 g/mol. The van der Waals surface area contributed by atoms with Gasteiger partial charge in [-0.3, -0.25) is 4.18 Å². The van der Waals surface area contributed by atoms with E-state index in [1.165, 1.54) is 32.1 Å². The van der Waals surface area contributed by atoms with E-state index in [0.717, 1.165) is 26.1 Å². The second kappa shape index (κ2) is 29.5. The van der Waals surface area contributed by atoms with Gasteiger partial charge in [0.1, 0.15) is 0 Å². The number of hydrogen-bond donors (Lipinski definition) is 2. The quantitative estimate of drug-likeness (QED) is 0.189. The molecule has 2 N–H and O–H groups in total. The van der Waals surface area contributed by atoms with Crippen molar-refractivity contribution in [1.82, 2.24) is 0 Å². The summed E-state index contributed by atoms with van der Waals surface area (Å²) < 4.78 is 39.1. The smallest absolute Gasteiger partial charge is 0.726 e. The molecule has 0 amide bonds. The summed E-state index contributed by atoms with van der Waals surface area (Å²) in [5.41, 5.74) is 0. The summed E-state index contributed by atoms with van der Waals surface area (Å²) in [7, 11) is -4.48. The fourth-order valence-corrected chi connectivity index (χ4v) is 1.92. The van der Waals surface area contributed by atoms with E-state index in [2.05, 4.69) is 11.1 Å². The summed E-state index contributed by atoms with van der Waals surface area (Å²) in [4.78, 5) is 0. The largest absolute Gasteiger partial charge is 1.00 e. The Morgan fingerprint density at radius 2 is 1.20 bits per heavy atom.